The summed E-state index contributed by atoms with van der Waals surface area (Å²) in [6.07, 6.45) is -3.26. The summed E-state index contributed by atoms with van der Waals surface area (Å²) in [6, 6.07) is 4.66. The van der Waals surface area contributed by atoms with E-state index in [9.17, 15) is 21.6 Å². The van der Waals surface area contributed by atoms with Crippen LogP contribution >= 0.6 is 0 Å². The molecule has 0 aromatic heterocycles. The maximum atomic E-state index is 12.4. The minimum Gasteiger partial charge on any atom is -0.313 e. The molecule has 1 fully saturated rings. The first-order valence-electron chi connectivity index (χ1n) is 6.36. The summed E-state index contributed by atoms with van der Waals surface area (Å²) in [5.41, 5.74) is -0.120. The number of aryl methyl sites for hydroxylation is 1. The summed E-state index contributed by atoms with van der Waals surface area (Å²) in [5.74, 6) is 0.0736. The molecule has 1 aliphatic rings. The van der Waals surface area contributed by atoms with Crippen molar-refractivity contribution in [2.45, 2.75) is 25.1 Å². The molecule has 1 saturated heterocycles. The van der Waals surface area contributed by atoms with Crippen LogP contribution < -0.4 is 5.32 Å². The Morgan fingerprint density at radius 2 is 1.80 bits per heavy atom. The van der Waals surface area contributed by atoms with Gasteiger partial charge in [-0.3, -0.25) is 0 Å². The molecule has 0 bridgehead atoms. The van der Waals surface area contributed by atoms with Gasteiger partial charge >= 0.3 is 6.18 Å². The highest BCUT2D eigenvalue weighted by molar-refractivity contribution is 7.91. The second-order valence-corrected chi connectivity index (χ2v) is 7.23. The van der Waals surface area contributed by atoms with Crippen LogP contribution in [0.5, 0.6) is 0 Å². The van der Waals surface area contributed by atoms with Gasteiger partial charge in [-0.25, -0.2) is 8.42 Å². The Balaban J connectivity index is 1.90. The van der Waals surface area contributed by atoms with Crippen molar-refractivity contribution in [2.75, 3.05) is 18.1 Å². The maximum absolute atomic E-state index is 12.4. The number of hydrogen-bond donors (Lipinski definition) is 1. The third-order valence-corrected chi connectivity index (χ3v) is 5.10. The first-order valence-corrected chi connectivity index (χ1v) is 8.18. The van der Waals surface area contributed by atoms with Crippen LogP contribution in [0.3, 0.4) is 0 Å². The van der Waals surface area contributed by atoms with Crippen molar-refractivity contribution in [1.82, 2.24) is 5.32 Å². The van der Waals surface area contributed by atoms with Gasteiger partial charge in [0.15, 0.2) is 9.84 Å². The largest absolute Gasteiger partial charge is 0.416 e. The number of rotatable bonds is 5. The van der Waals surface area contributed by atoms with Crippen molar-refractivity contribution in [2.24, 2.45) is 0 Å². The van der Waals surface area contributed by atoms with Crippen LogP contribution in [-0.2, 0) is 22.4 Å². The lowest BCUT2D eigenvalue weighted by Crippen LogP contribution is -2.47. The van der Waals surface area contributed by atoms with Gasteiger partial charge in [-0.15, -0.1) is 0 Å². The number of sulfone groups is 1. The molecule has 20 heavy (non-hydrogen) atoms. The molecule has 0 amide bonds. The Morgan fingerprint density at radius 3 is 2.25 bits per heavy atom. The average molecular weight is 307 g/mol. The molecule has 1 aromatic carbocycles. The van der Waals surface area contributed by atoms with E-state index in [2.05, 4.69) is 5.32 Å². The molecule has 112 valence electrons. The molecule has 1 heterocycles. The molecular weight excluding hydrogens is 291 g/mol. The molecule has 2 rings (SSSR count). The molecule has 0 radical (unpaired) electrons. The molecule has 1 unspecified atom stereocenters. The number of halogens is 3. The molecule has 1 aromatic rings. The van der Waals surface area contributed by atoms with Gasteiger partial charge < -0.3 is 5.32 Å². The van der Waals surface area contributed by atoms with Crippen molar-refractivity contribution in [3.8, 4) is 0 Å². The number of benzene rings is 1. The standard InChI is InChI=1S/C13H16F3NO2S/c14-13(15,16)11-3-1-10(2-4-11)6-8-20(18,19)9-12-5-7-17-12/h1-4,12,17H,5-9H2. The monoisotopic (exact) mass is 307 g/mol. The Hall–Kier alpha value is -1.08. The fourth-order valence-corrected chi connectivity index (χ4v) is 3.63. The highest BCUT2D eigenvalue weighted by Gasteiger charge is 2.30. The molecule has 0 aliphatic carbocycles. The average Bonchev–Trinajstić information content (AvgIpc) is 2.31. The van der Waals surface area contributed by atoms with Crippen LogP contribution in [0.2, 0.25) is 0 Å². The first kappa shape index (κ1) is 15.3. The first-order chi connectivity index (χ1) is 9.26. The van der Waals surface area contributed by atoms with Gasteiger partial charge in [0.25, 0.3) is 0 Å². The van der Waals surface area contributed by atoms with Crippen LogP contribution in [0, 0.1) is 0 Å². The molecule has 1 aliphatic heterocycles. The normalized spacial score (nSPS) is 19.6. The summed E-state index contributed by atoms with van der Waals surface area (Å²) in [6.45, 7) is 0.846. The third kappa shape index (κ3) is 4.21. The fraction of sp³-hybridized carbons (Fsp3) is 0.538. The van der Waals surface area contributed by atoms with Crippen LogP contribution in [0.25, 0.3) is 0 Å². The van der Waals surface area contributed by atoms with Crippen molar-refractivity contribution < 1.29 is 21.6 Å². The van der Waals surface area contributed by atoms with Crippen molar-refractivity contribution in [1.29, 1.82) is 0 Å². The van der Waals surface area contributed by atoms with E-state index in [-0.39, 0.29) is 24.0 Å². The molecule has 7 heteroatoms. The SMILES string of the molecule is O=S(=O)(CCc1ccc(C(F)(F)F)cc1)CC1CCN1. The van der Waals surface area contributed by atoms with Gasteiger partial charge in [0.2, 0.25) is 0 Å². The van der Waals surface area contributed by atoms with Crippen molar-refractivity contribution >= 4 is 9.84 Å². The van der Waals surface area contributed by atoms with E-state index >= 15 is 0 Å². The summed E-state index contributed by atoms with van der Waals surface area (Å²) in [4.78, 5) is 0. The quantitative estimate of drug-likeness (QED) is 0.905. The Labute approximate surface area is 116 Å². The molecule has 0 spiro atoms. The lowest BCUT2D eigenvalue weighted by atomic mass is 10.1. The van der Waals surface area contributed by atoms with Gasteiger partial charge in [-0.2, -0.15) is 13.2 Å². The van der Waals surface area contributed by atoms with Gasteiger partial charge in [0, 0.05) is 6.04 Å². The predicted octanol–water partition coefficient (Wildman–Crippen LogP) is 2.02. The molecule has 0 saturated carbocycles. The van der Waals surface area contributed by atoms with Gasteiger partial charge in [0.05, 0.1) is 17.1 Å². The van der Waals surface area contributed by atoms with Crippen LogP contribution in [-0.4, -0.2) is 32.5 Å². The van der Waals surface area contributed by atoms with E-state index in [0.29, 0.717) is 5.56 Å². The molecule has 3 nitrogen and oxygen atoms in total. The summed E-state index contributed by atoms with van der Waals surface area (Å²) < 4.78 is 60.8. The predicted molar refractivity (Wildman–Crippen MR) is 70.2 cm³/mol. The Morgan fingerprint density at radius 1 is 1.20 bits per heavy atom. The van der Waals surface area contributed by atoms with Crippen molar-refractivity contribution in [3.63, 3.8) is 0 Å². The second kappa shape index (κ2) is 5.73. The summed E-state index contributed by atoms with van der Waals surface area (Å²) >= 11 is 0. The maximum Gasteiger partial charge on any atom is 0.416 e. The molecule has 1 atom stereocenters. The zero-order chi connectivity index (χ0) is 14.8. The zero-order valence-corrected chi connectivity index (χ0v) is 11.6. The van der Waals surface area contributed by atoms with E-state index in [1.54, 1.807) is 0 Å². The third-order valence-electron chi connectivity index (χ3n) is 3.36. The van der Waals surface area contributed by atoms with Crippen LogP contribution in [0.15, 0.2) is 24.3 Å². The number of alkyl halides is 3. The zero-order valence-electron chi connectivity index (χ0n) is 10.8. The van der Waals surface area contributed by atoms with Crippen LogP contribution in [0.4, 0.5) is 13.2 Å². The van der Waals surface area contributed by atoms with Crippen LogP contribution in [0.1, 0.15) is 17.5 Å². The van der Waals surface area contributed by atoms with Gasteiger partial charge in [0.1, 0.15) is 0 Å². The van der Waals surface area contributed by atoms with E-state index in [1.165, 1.54) is 12.1 Å². The van der Waals surface area contributed by atoms with E-state index in [1.807, 2.05) is 0 Å². The lowest BCUT2D eigenvalue weighted by Gasteiger charge is -2.27. The fourth-order valence-electron chi connectivity index (χ4n) is 2.01. The van der Waals surface area contributed by atoms with E-state index < -0.39 is 21.6 Å². The Bertz CT molecular complexity index is 548. The lowest BCUT2D eigenvalue weighted by molar-refractivity contribution is -0.137. The smallest absolute Gasteiger partial charge is 0.313 e. The molecular formula is C13H16F3NO2S. The number of hydrogen-bond acceptors (Lipinski definition) is 3. The number of nitrogens with one attached hydrogen (secondary N) is 1. The summed E-state index contributed by atoms with van der Waals surface area (Å²) in [5, 5.41) is 3.02. The minimum absolute atomic E-state index is 0.0312. The Kier molecular flexibility index (Phi) is 4.39. The second-order valence-electron chi connectivity index (χ2n) is 5.00. The van der Waals surface area contributed by atoms with E-state index in [4.69, 9.17) is 0 Å². The van der Waals surface area contributed by atoms with E-state index in [0.717, 1.165) is 25.1 Å². The topological polar surface area (TPSA) is 46.2 Å². The van der Waals surface area contributed by atoms with Gasteiger partial charge in [-0.1, -0.05) is 12.1 Å². The minimum atomic E-state index is -4.36. The molecule has 1 N–H and O–H groups in total. The highest BCUT2D eigenvalue weighted by atomic mass is 32.2. The van der Waals surface area contributed by atoms with Gasteiger partial charge in [-0.05, 0) is 37.1 Å². The summed E-state index contributed by atoms with van der Waals surface area (Å²) in [7, 11) is -3.16. The highest BCUT2D eigenvalue weighted by Crippen LogP contribution is 2.29. The van der Waals surface area contributed by atoms with Crippen molar-refractivity contribution in [3.05, 3.63) is 35.4 Å².